The standard InChI is InChI=1S/C26H25ClN4O8/c1-11(29-26(38)14-9-31(4)16-7-18(33)24(36)21(27)20(16)23(14)35)10-39-19-5-12-15(6-17(19)32)30(3)8-13(22(12)34)25(37)28-2/h5-9,11,32-33,36H,10H2,1-4H3,(H,28,37)(H,29,38). The number of hydrogen-bond acceptors (Lipinski definition) is 8. The zero-order chi connectivity index (χ0) is 28.8. The molecule has 0 bridgehead atoms. The summed E-state index contributed by atoms with van der Waals surface area (Å²) in [6.45, 7) is 1.45. The summed E-state index contributed by atoms with van der Waals surface area (Å²) in [5.74, 6) is -2.79. The maximum absolute atomic E-state index is 13.0. The highest BCUT2D eigenvalue weighted by Crippen LogP contribution is 2.38. The van der Waals surface area contributed by atoms with Crippen LogP contribution in [-0.2, 0) is 14.1 Å². The van der Waals surface area contributed by atoms with Gasteiger partial charge in [-0.3, -0.25) is 19.2 Å². The van der Waals surface area contributed by atoms with Gasteiger partial charge in [-0.25, -0.2) is 0 Å². The average Bonchev–Trinajstić information content (AvgIpc) is 2.89. The molecule has 0 saturated heterocycles. The molecule has 0 saturated carbocycles. The topological polar surface area (TPSA) is 172 Å². The van der Waals surface area contributed by atoms with E-state index in [-0.39, 0.29) is 50.5 Å². The number of ether oxygens (including phenoxy) is 1. The lowest BCUT2D eigenvalue weighted by Gasteiger charge is -2.17. The number of nitrogens with one attached hydrogen (secondary N) is 2. The molecule has 1 atom stereocenters. The Morgan fingerprint density at radius 2 is 1.54 bits per heavy atom. The van der Waals surface area contributed by atoms with Crippen LogP contribution in [0.5, 0.6) is 23.0 Å². The highest BCUT2D eigenvalue weighted by Gasteiger charge is 2.22. The molecule has 13 heteroatoms. The van der Waals surface area contributed by atoms with E-state index >= 15 is 0 Å². The van der Waals surface area contributed by atoms with Crippen molar-refractivity contribution in [2.75, 3.05) is 13.7 Å². The fourth-order valence-corrected chi connectivity index (χ4v) is 4.47. The van der Waals surface area contributed by atoms with E-state index in [9.17, 15) is 34.5 Å². The van der Waals surface area contributed by atoms with Crippen LogP contribution in [0.2, 0.25) is 5.02 Å². The van der Waals surface area contributed by atoms with Crippen LogP contribution in [0.4, 0.5) is 0 Å². The van der Waals surface area contributed by atoms with E-state index in [1.54, 1.807) is 21.0 Å². The lowest BCUT2D eigenvalue weighted by atomic mass is 10.1. The minimum Gasteiger partial charge on any atom is -0.504 e. The van der Waals surface area contributed by atoms with Crippen LogP contribution >= 0.6 is 11.6 Å². The number of benzene rings is 2. The summed E-state index contributed by atoms with van der Waals surface area (Å²) < 4.78 is 8.61. The third-order valence-corrected chi connectivity index (χ3v) is 6.59. The van der Waals surface area contributed by atoms with Gasteiger partial charge in [0.25, 0.3) is 11.8 Å². The molecule has 5 N–H and O–H groups in total. The molecule has 4 aromatic rings. The number of aromatic hydroxyl groups is 3. The quantitative estimate of drug-likeness (QED) is 0.223. The molecule has 0 aliphatic rings. The molecule has 0 radical (unpaired) electrons. The molecule has 0 fully saturated rings. The third kappa shape index (κ3) is 4.81. The number of fused-ring (bicyclic) bond motifs is 2. The van der Waals surface area contributed by atoms with Crippen molar-refractivity contribution in [2.45, 2.75) is 13.0 Å². The zero-order valence-electron chi connectivity index (χ0n) is 21.3. The Balaban J connectivity index is 1.58. The fourth-order valence-electron chi connectivity index (χ4n) is 4.19. The Labute approximate surface area is 225 Å². The number of phenolic OH excluding ortho intramolecular Hbond substituents is 3. The molecule has 2 amide bonds. The van der Waals surface area contributed by atoms with Gasteiger partial charge in [0.2, 0.25) is 10.9 Å². The second-order valence-corrected chi connectivity index (χ2v) is 9.40. The fraction of sp³-hybridized carbons (Fsp3) is 0.231. The SMILES string of the molecule is CNC(=O)c1cn(C)c2cc(O)c(OCC(C)NC(=O)c3cn(C)c4cc(O)c(O)c(Cl)c4c3=O)cc2c1=O. The molecule has 204 valence electrons. The first kappa shape index (κ1) is 27.3. The summed E-state index contributed by atoms with van der Waals surface area (Å²) in [6, 6.07) is 3.14. The lowest BCUT2D eigenvalue weighted by molar-refractivity contribution is 0.0923. The summed E-state index contributed by atoms with van der Waals surface area (Å²) in [4.78, 5) is 50.9. The first-order valence-electron chi connectivity index (χ1n) is 11.6. The Hall–Kier alpha value is -4.71. The van der Waals surface area contributed by atoms with Crippen molar-refractivity contribution < 1.29 is 29.6 Å². The Morgan fingerprint density at radius 1 is 0.949 bits per heavy atom. The van der Waals surface area contributed by atoms with Crippen molar-refractivity contribution in [1.29, 1.82) is 0 Å². The highest BCUT2D eigenvalue weighted by molar-refractivity contribution is 6.37. The predicted molar refractivity (Wildman–Crippen MR) is 144 cm³/mol. The minimum atomic E-state index is -0.746. The minimum absolute atomic E-state index is 0.0431. The third-order valence-electron chi connectivity index (χ3n) is 6.23. The van der Waals surface area contributed by atoms with E-state index in [1.807, 2.05) is 0 Å². The maximum Gasteiger partial charge on any atom is 0.257 e. The zero-order valence-corrected chi connectivity index (χ0v) is 22.1. The van der Waals surface area contributed by atoms with Crippen LogP contribution in [-0.4, -0.2) is 56.0 Å². The lowest BCUT2D eigenvalue weighted by Crippen LogP contribution is -2.39. The molecule has 12 nitrogen and oxygen atoms in total. The van der Waals surface area contributed by atoms with E-state index in [0.29, 0.717) is 5.52 Å². The van der Waals surface area contributed by atoms with Gasteiger partial charge in [-0.15, -0.1) is 0 Å². The smallest absolute Gasteiger partial charge is 0.257 e. The molecule has 4 rings (SSSR count). The number of aromatic nitrogens is 2. The van der Waals surface area contributed by atoms with Crippen molar-refractivity contribution in [1.82, 2.24) is 19.8 Å². The Morgan fingerprint density at radius 3 is 2.18 bits per heavy atom. The van der Waals surface area contributed by atoms with Crippen LogP contribution < -0.4 is 26.2 Å². The maximum atomic E-state index is 13.0. The van der Waals surface area contributed by atoms with E-state index in [0.717, 1.165) is 6.07 Å². The van der Waals surface area contributed by atoms with Crippen molar-refractivity contribution in [3.8, 4) is 23.0 Å². The molecular weight excluding hydrogens is 532 g/mol. The van der Waals surface area contributed by atoms with Crippen LogP contribution in [0.15, 0.2) is 40.2 Å². The van der Waals surface area contributed by atoms with Gasteiger partial charge in [0.15, 0.2) is 23.0 Å². The van der Waals surface area contributed by atoms with Crippen molar-refractivity contribution in [2.24, 2.45) is 14.1 Å². The second kappa shape index (κ2) is 10.2. The number of aryl methyl sites for hydroxylation is 2. The first-order chi connectivity index (χ1) is 18.3. The van der Waals surface area contributed by atoms with E-state index in [1.165, 1.54) is 40.7 Å². The van der Waals surface area contributed by atoms with Crippen molar-refractivity contribution in [3.63, 3.8) is 0 Å². The number of carbonyl (C=O) groups excluding carboxylic acids is 2. The normalized spacial score (nSPS) is 11.9. The van der Waals surface area contributed by atoms with Gasteiger partial charge in [-0.05, 0) is 13.0 Å². The average molecular weight is 557 g/mol. The number of halogens is 1. The summed E-state index contributed by atoms with van der Waals surface area (Å²) in [6.07, 6.45) is 2.64. The van der Waals surface area contributed by atoms with Gasteiger partial charge in [0.1, 0.15) is 17.7 Å². The van der Waals surface area contributed by atoms with Crippen LogP contribution in [0.1, 0.15) is 27.6 Å². The molecule has 1 unspecified atom stereocenters. The first-order valence-corrected chi connectivity index (χ1v) is 12.0. The predicted octanol–water partition coefficient (Wildman–Crippen LogP) is 1.72. The van der Waals surface area contributed by atoms with Gasteiger partial charge in [-0.1, -0.05) is 11.6 Å². The van der Waals surface area contributed by atoms with E-state index in [4.69, 9.17) is 16.3 Å². The number of phenols is 3. The van der Waals surface area contributed by atoms with Gasteiger partial charge in [0.05, 0.1) is 32.9 Å². The molecule has 0 aliphatic heterocycles. The number of amides is 2. The monoisotopic (exact) mass is 556 g/mol. The van der Waals surface area contributed by atoms with Crippen molar-refractivity contribution in [3.05, 3.63) is 67.2 Å². The molecular formula is C26H25ClN4O8. The second-order valence-electron chi connectivity index (χ2n) is 9.02. The summed E-state index contributed by atoms with van der Waals surface area (Å²) in [5.41, 5.74) is -1.04. The van der Waals surface area contributed by atoms with Crippen LogP contribution in [0, 0.1) is 0 Å². The highest BCUT2D eigenvalue weighted by atomic mass is 35.5. The number of carbonyl (C=O) groups is 2. The van der Waals surface area contributed by atoms with Gasteiger partial charge < -0.3 is 39.8 Å². The van der Waals surface area contributed by atoms with Gasteiger partial charge in [-0.2, -0.15) is 0 Å². The number of nitrogens with zero attached hydrogens (tertiary/aromatic N) is 2. The Bertz CT molecular complexity index is 1790. The van der Waals surface area contributed by atoms with E-state index < -0.39 is 40.2 Å². The molecule has 2 heterocycles. The summed E-state index contributed by atoms with van der Waals surface area (Å²) in [5, 5.41) is 34.9. The van der Waals surface area contributed by atoms with Crippen LogP contribution in [0.3, 0.4) is 0 Å². The molecule has 0 spiro atoms. The van der Waals surface area contributed by atoms with Crippen molar-refractivity contribution >= 4 is 45.2 Å². The Kier molecular flexibility index (Phi) is 7.16. The number of hydrogen-bond donors (Lipinski definition) is 5. The molecule has 2 aromatic heterocycles. The largest absolute Gasteiger partial charge is 0.504 e. The number of pyridine rings is 2. The molecule has 39 heavy (non-hydrogen) atoms. The molecule has 2 aromatic carbocycles. The van der Waals surface area contributed by atoms with Gasteiger partial charge >= 0.3 is 0 Å². The van der Waals surface area contributed by atoms with Crippen LogP contribution in [0.25, 0.3) is 21.8 Å². The van der Waals surface area contributed by atoms with Gasteiger partial charge in [0, 0.05) is 45.7 Å². The van der Waals surface area contributed by atoms with E-state index in [2.05, 4.69) is 10.6 Å². The summed E-state index contributed by atoms with van der Waals surface area (Å²) in [7, 11) is 4.57. The number of rotatable bonds is 6. The molecule has 0 aliphatic carbocycles. The summed E-state index contributed by atoms with van der Waals surface area (Å²) >= 11 is 6.08.